The van der Waals surface area contributed by atoms with Crippen LogP contribution in [0.3, 0.4) is 0 Å². The van der Waals surface area contributed by atoms with Crippen molar-refractivity contribution in [1.82, 2.24) is 9.88 Å². The standard InChI is InChI=1S/C9H14N2O2/c1-8-9(13-7-10-8)6-11-2-4-12-5-3-11/h7H,2-6H2,1H3. The summed E-state index contributed by atoms with van der Waals surface area (Å²) in [5, 5.41) is 0. The van der Waals surface area contributed by atoms with Gasteiger partial charge in [-0.05, 0) is 6.92 Å². The molecule has 0 bridgehead atoms. The summed E-state index contributed by atoms with van der Waals surface area (Å²) >= 11 is 0. The van der Waals surface area contributed by atoms with Crippen molar-refractivity contribution < 1.29 is 9.15 Å². The second-order valence-corrected chi connectivity index (χ2v) is 3.25. The van der Waals surface area contributed by atoms with Crippen LogP contribution >= 0.6 is 0 Å². The van der Waals surface area contributed by atoms with Crippen LogP contribution in [0, 0.1) is 6.92 Å². The summed E-state index contributed by atoms with van der Waals surface area (Å²) in [6.07, 6.45) is 1.51. The predicted molar refractivity (Wildman–Crippen MR) is 47.3 cm³/mol. The number of nitrogens with zero attached hydrogens (tertiary/aromatic N) is 2. The van der Waals surface area contributed by atoms with Gasteiger partial charge in [0, 0.05) is 13.1 Å². The van der Waals surface area contributed by atoms with Crippen molar-refractivity contribution >= 4 is 0 Å². The summed E-state index contributed by atoms with van der Waals surface area (Å²) in [5.74, 6) is 0.974. The molecular formula is C9H14N2O2. The van der Waals surface area contributed by atoms with E-state index >= 15 is 0 Å². The van der Waals surface area contributed by atoms with Crippen molar-refractivity contribution in [1.29, 1.82) is 0 Å². The molecule has 2 rings (SSSR count). The molecule has 1 aliphatic rings. The van der Waals surface area contributed by atoms with Crippen LogP contribution in [-0.2, 0) is 11.3 Å². The topological polar surface area (TPSA) is 38.5 Å². The van der Waals surface area contributed by atoms with Gasteiger partial charge < -0.3 is 9.15 Å². The third-order valence-electron chi connectivity index (χ3n) is 2.32. The zero-order chi connectivity index (χ0) is 9.10. The Bertz CT molecular complexity index is 266. The molecule has 0 unspecified atom stereocenters. The summed E-state index contributed by atoms with van der Waals surface area (Å²) in [5.41, 5.74) is 0.992. The fourth-order valence-electron chi connectivity index (χ4n) is 1.44. The minimum Gasteiger partial charge on any atom is -0.447 e. The maximum absolute atomic E-state index is 5.27. The van der Waals surface area contributed by atoms with E-state index in [0.29, 0.717) is 0 Å². The number of rotatable bonds is 2. The Morgan fingerprint density at radius 1 is 1.46 bits per heavy atom. The first-order valence-corrected chi connectivity index (χ1v) is 4.55. The van der Waals surface area contributed by atoms with E-state index in [9.17, 15) is 0 Å². The molecule has 0 saturated carbocycles. The number of ether oxygens (including phenoxy) is 1. The molecule has 0 amide bonds. The largest absolute Gasteiger partial charge is 0.447 e. The number of hydrogen-bond donors (Lipinski definition) is 0. The third-order valence-corrected chi connectivity index (χ3v) is 2.32. The molecule has 0 aromatic carbocycles. The molecule has 4 heteroatoms. The van der Waals surface area contributed by atoms with Gasteiger partial charge >= 0.3 is 0 Å². The summed E-state index contributed by atoms with van der Waals surface area (Å²) in [6, 6.07) is 0. The molecule has 13 heavy (non-hydrogen) atoms. The van der Waals surface area contributed by atoms with Gasteiger partial charge in [0.1, 0.15) is 5.76 Å². The molecule has 72 valence electrons. The van der Waals surface area contributed by atoms with Crippen LogP contribution in [-0.4, -0.2) is 36.2 Å². The van der Waals surface area contributed by atoms with Crippen LogP contribution in [0.2, 0.25) is 0 Å². The molecular weight excluding hydrogens is 168 g/mol. The van der Waals surface area contributed by atoms with Gasteiger partial charge in [0.25, 0.3) is 0 Å². The van der Waals surface area contributed by atoms with Crippen molar-refractivity contribution in [3.8, 4) is 0 Å². The average molecular weight is 182 g/mol. The molecule has 0 atom stereocenters. The SMILES string of the molecule is Cc1ncoc1CN1CCOCC1. The molecule has 4 nitrogen and oxygen atoms in total. The van der Waals surface area contributed by atoms with Gasteiger partial charge in [-0.25, -0.2) is 4.98 Å². The Balaban J connectivity index is 1.93. The zero-order valence-corrected chi connectivity index (χ0v) is 7.82. The molecule has 0 aliphatic carbocycles. The van der Waals surface area contributed by atoms with Gasteiger partial charge in [-0.1, -0.05) is 0 Å². The molecule has 1 aliphatic heterocycles. The number of aryl methyl sites for hydroxylation is 1. The van der Waals surface area contributed by atoms with Gasteiger partial charge in [-0.2, -0.15) is 0 Å². The zero-order valence-electron chi connectivity index (χ0n) is 7.82. The van der Waals surface area contributed by atoms with Crippen LogP contribution < -0.4 is 0 Å². The van der Waals surface area contributed by atoms with Crippen LogP contribution in [0.1, 0.15) is 11.5 Å². The molecule has 0 N–H and O–H groups in total. The second-order valence-electron chi connectivity index (χ2n) is 3.25. The lowest BCUT2D eigenvalue weighted by Gasteiger charge is -2.25. The van der Waals surface area contributed by atoms with Crippen molar-refractivity contribution in [3.63, 3.8) is 0 Å². The van der Waals surface area contributed by atoms with E-state index in [-0.39, 0.29) is 0 Å². The molecule has 2 heterocycles. The number of hydrogen-bond acceptors (Lipinski definition) is 4. The Hall–Kier alpha value is -0.870. The van der Waals surface area contributed by atoms with E-state index in [1.807, 2.05) is 6.92 Å². The Labute approximate surface area is 77.5 Å². The number of oxazole rings is 1. The van der Waals surface area contributed by atoms with E-state index < -0.39 is 0 Å². The fourth-order valence-corrected chi connectivity index (χ4v) is 1.44. The van der Waals surface area contributed by atoms with Crippen molar-refractivity contribution in [3.05, 3.63) is 17.8 Å². The summed E-state index contributed by atoms with van der Waals surface area (Å²) in [7, 11) is 0. The molecule has 0 radical (unpaired) electrons. The van der Waals surface area contributed by atoms with Crippen LogP contribution in [0.25, 0.3) is 0 Å². The maximum atomic E-state index is 5.27. The Morgan fingerprint density at radius 3 is 2.85 bits per heavy atom. The van der Waals surface area contributed by atoms with E-state index in [1.165, 1.54) is 6.39 Å². The Morgan fingerprint density at radius 2 is 2.23 bits per heavy atom. The third kappa shape index (κ3) is 2.08. The lowest BCUT2D eigenvalue weighted by atomic mass is 10.3. The smallest absolute Gasteiger partial charge is 0.181 e. The molecule has 1 saturated heterocycles. The van der Waals surface area contributed by atoms with Crippen LogP contribution in [0.15, 0.2) is 10.8 Å². The van der Waals surface area contributed by atoms with E-state index in [2.05, 4.69) is 9.88 Å². The summed E-state index contributed by atoms with van der Waals surface area (Å²) in [6.45, 7) is 6.45. The van der Waals surface area contributed by atoms with Crippen LogP contribution in [0.5, 0.6) is 0 Å². The molecule has 0 spiro atoms. The maximum Gasteiger partial charge on any atom is 0.181 e. The lowest BCUT2D eigenvalue weighted by molar-refractivity contribution is 0.0312. The predicted octanol–water partition coefficient (Wildman–Crippen LogP) is 0.815. The van der Waals surface area contributed by atoms with E-state index in [1.54, 1.807) is 0 Å². The first-order chi connectivity index (χ1) is 6.36. The molecule has 1 fully saturated rings. The van der Waals surface area contributed by atoms with Gasteiger partial charge in [-0.15, -0.1) is 0 Å². The fraction of sp³-hybridized carbons (Fsp3) is 0.667. The number of aromatic nitrogens is 1. The minimum atomic E-state index is 0.827. The highest BCUT2D eigenvalue weighted by molar-refractivity contribution is 5.04. The highest BCUT2D eigenvalue weighted by Gasteiger charge is 2.13. The van der Waals surface area contributed by atoms with Crippen molar-refractivity contribution in [2.45, 2.75) is 13.5 Å². The first kappa shape index (κ1) is 8.72. The summed E-state index contributed by atoms with van der Waals surface area (Å²) in [4.78, 5) is 6.37. The Kier molecular flexibility index (Phi) is 2.61. The minimum absolute atomic E-state index is 0.827. The number of morpholine rings is 1. The van der Waals surface area contributed by atoms with E-state index in [4.69, 9.17) is 9.15 Å². The molecule has 1 aromatic heterocycles. The van der Waals surface area contributed by atoms with Gasteiger partial charge in [-0.3, -0.25) is 4.90 Å². The monoisotopic (exact) mass is 182 g/mol. The van der Waals surface area contributed by atoms with Gasteiger partial charge in [0.2, 0.25) is 0 Å². The summed E-state index contributed by atoms with van der Waals surface area (Å²) < 4.78 is 10.5. The normalized spacial score (nSPS) is 19.2. The van der Waals surface area contributed by atoms with Crippen molar-refractivity contribution in [2.75, 3.05) is 26.3 Å². The van der Waals surface area contributed by atoms with Gasteiger partial charge in [0.05, 0.1) is 25.5 Å². The van der Waals surface area contributed by atoms with E-state index in [0.717, 1.165) is 44.3 Å². The highest BCUT2D eigenvalue weighted by atomic mass is 16.5. The first-order valence-electron chi connectivity index (χ1n) is 4.55. The quantitative estimate of drug-likeness (QED) is 0.678. The highest BCUT2D eigenvalue weighted by Crippen LogP contribution is 2.09. The average Bonchev–Trinajstić information content (AvgIpc) is 2.54. The van der Waals surface area contributed by atoms with Crippen molar-refractivity contribution in [2.24, 2.45) is 0 Å². The molecule has 1 aromatic rings. The lowest BCUT2D eigenvalue weighted by Crippen LogP contribution is -2.35. The van der Waals surface area contributed by atoms with Crippen LogP contribution in [0.4, 0.5) is 0 Å². The second kappa shape index (κ2) is 3.89. The van der Waals surface area contributed by atoms with Gasteiger partial charge in [0.15, 0.2) is 6.39 Å².